The first kappa shape index (κ1) is 13.3. The number of benzene rings is 1. The Morgan fingerprint density at radius 3 is 2.61 bits per heavy atom. The van der Waals surface area contributed by atoms with Gasteiger partial charge < -0.3 is 5.32 Å². The lowest BCUT2D eigenvalue weighted by atomic mass is 10.2. The molecule has 7 heteroatoms. The summed E-state index contributed by atoms with van der Waals surface area (Å²) in [6, 6.07) is 4.45. The molecule has 0 bridgehead atoms. The number of halogens is 1. The van der Waals surface area contributed by atoms with Crippen LogP contribution >= 0.6 is 0 Å². The maximum atomic E-state index is 13.6. The van der Waals surface area contributed by atoms with Gasteiger partial charge >= 0.3 is 10.2 Å². The molecule has 1 fully saturated rings. The fourth-order valence-corrected chi connectivity index (χ4v) is 3.15. The van der Waals surface area contributed by atoms with Gasteiger partial charge in [-0.25, -0.2) is 4.39 Å². The molecule has 1 aliphatic rings. The summed E-state index contributed by atoms with van der Waals surface area (Å²) < 4.78 is 41.4. The average molecular weight is 273 g/mol. The fraction of sp³-hybridized carbons (Fsp3) is 0.455. The Morgan fingerprint density at radius 1 is 1.33 bits per heavy atom. The highest BCUT2D eigenvalue weighted by atomic mass is 32.2. The standard InChI is InChI=1S/C11H16FN3O2S/c1-9-3-2-4-10(12)11(9)14-18(16,17)15-7-5-13-6-8-15/h2-4,13-14H,5-8H2,1H3. The monoisotopic (exact) mass is 273 g/mol. The molecule has 0 saturated carbocycles. The SMILES string of the molecule is Cc1cccc(F)c1NS(=O)(=O)N1CCNCC1. The Labute approximate surface area is 106 Å². The van der Waals surface area contributed by atoms with Crippen LogP contribution in [0.5, 0.6) is 0 Å². The molecule has 2 rings (SSSR count). The molecule has 1 heterocycles. The predicted octanol–water partition coefficient (Wildman–Crippen LogP) is 0.696. The lowest BCUT2D eigenvalue weighted by molar-refractivity contribution is 0.362. The molecular formula is C11H16FN3O2S. The van der Waals surface area contributed by atoms with Gasteiger partial charge in [-0.15, -0.1) is 0 Å². The molecule has 0 aromatic heterocycles. The summed E-state index contributed by atoms with van der Waals surface area (Å²) in [5.41, 5.74) is 0.588. The second kappa shape index (κ2) is 5.21. The summed E-state index contributed by atoms with van der Waals surface area (Å²) in [6.45, 7) is 3.67. The maximum Gasteiger partial charge on any atom is 0.301 e. The normalized spacial score (nSPS) is 17.7. The minimum Gasteiger partial charge on any atom is -0.314 e. The minimum absolute atomic E-state index is 0.0241. The molecule has 0 aliphatic carbocycles. The van der Waals surface area contributed by atoms with Gasteiger partial charge in [-0.3, -0.25) is 4.72 Å². The van der Waals surface area contributed by atoms with Crippen LogP contribution in [-0.2, 0) is 10.2 Å². The molecule has 1 saturated heterocycles. The molecule has 1 aliphatic heterocycles. The molecule has 5 nitrogen and oxygen atoms in total. The van der Waals surface area contributed by atoms with Crippen molar-refractivity contribution in [2.45, 2.75) is 6.92 Å². The molecule has 0 unspecified atom stereocenters. The topological polar surface area (TPSA) is 61.4 Å². The van der Waals surface area contributed by atoms with Crippen LogP contribution < -0.4 is 10.0 Å². The minimum atomic E-state index is -3.68. The van der Waals surface area contributed by atoms with Gasteiger partial charge in [0.15, 0.2) is 0 Å². The van der Waals surface area contributed by atoms with Crippen molar-refractivity contribution >= 4 is 15.9 Å². The highest BCUT2D eigenvalue weighted by molar-refractivity contribution is 7.90. The van der Waals surface area contributed by atoms with Crippen molar-refractivity contribution in [1.29, 1.82) is 0 Å². The van der Waals surface area contributed by atoms with E-state index in [1.54, 1.807) is 19.1 Å². The summed E-state index contributed by atoms with van der Waals surface area (Å²) in [4.78, 5) is 0. The summed E-state index contributed by atoms with van der Waals surface area (Å²) in [6.07, 6.45) is 0. The highest BCUT2D eigenvalue weighted by Crippen LogP contribution is 2.21. The van der Waals surface area contributed by atoms with E-state index in [9.17, 15) is 12.8 Å². The van der Waals surface area contributed by atoms with E-state index in [0.717, 1.165) is 0 Å². The molecular weight excluding hydrogens is 257 g/mol. The quantitative estimate of drug-likeness (QED) is 0.852. The van der Waals surface area contributed by atoms with E-state index in [0.29, 0.717) is 31.7 Å². The molecule has 18 heavy (non-hydrogen) atoms. The molecule has 2 N–H and O–H groups in total. The van der Waals surface area contributed by atoms with Gasteiger partial charge in [0.2, 0.25) is 0 Å². The third kappa shape index (κ3) is 2.80. The zero-order valence-corrected chi connectivity index (χ0v) is 10.9. The first-order chi connectivity index (χ1) is 8.50. The van der Waals surface area contributed by atoms with Gasteiger partial charge in [0.25, 0.3) is 0 Å². The number of piperazine rings is 1. The Bertz CT molecular complexity index is 507. The van der Waals surface area contributed by atoms with Crippen LogP contribution in [0.3, 0.4) is 0 Å². The Hall–Kier alpha value is -1.18. The Morgan fingerprint density at radius 2 is 2.00 bits per heavy atom. The van der Waals surface area contributed by atoms with E-state index in [2.05, 4.69) is 10.0 Å². The van der Waals surface area contributed by atoms with E-state index < -0.39 is 16.0 Å². The summed E-state index contributed by atoms with van der Waals surface area (Å²) in [5, 5.41) is 3.07. The van der Waals surface area contributed by atoms with Crippen LogP contribution in [0, 0.1) is 12.7 Å². The van der Waals surface area contributed by atoms with Crippen LogP contribution in [0.4, 0.5) is 10.1 Å². The lowest BCUT2D eigenvalue weighted by Crippen LogP contribution is -2.48. The Kier molecular flexibility index (Phi) is 3.84. The fourth-order valence-electron chi connectivity index (χ4n) is 1.84. The second-order valence-corrected chi connectivity index (χ2v) is 5.86. The second-order valence-electron chi connectivity index (χ2n) is 4.19. The first-order valence-electron chi connectivity index (χ1n) is 5.74. The van der Waals surface area contributed by atoms with E-state index in [1.165, 1.54) is 10.4 Å². The van der Waals surface area contributed by atoms with Crippen molar-refractivity contribution in [1.82, 2.24) is 9.62 Å². The molecule has 1 aromatic carbocycles. The number of nitrogens with one attached hydrogen (secondary N) is 2. The number of anilines is 1. The van der Waals surface area contributed by atoms with Crippen molar-refractivity contribution in [2.75, 3.05) is 30.9 Å². The Balaban J connectivity index is 2.22. The van der Waals surface area contributed by atoms with Crippen LogP contribution in [-0.4, -0.2) is 38.9 Å². The van der Waals surface area contributed by atoms with E-state index in [4.69, 9.17) is 0 Å². The van der Waals surface area contributed by atoms with Crippen molar-refractivity contribution in [3.8, 4) is 0 Å². The third-order valence-electron chi connectivity index (χ3n) is 2.87. The van der Waals surface area contributed by atoms with Gasteiger partial charge in [0, 0.05) is 26.2 Å². The number of para-hydroxylation sites is 1. The van der Waals surface area contributed by atoms with Gasteiger partial charge in [0.05, 0.1) is 5.69 Å². The summed E-state index contributed by atoms with van der Waals surface area (Å²) >= 11 is 0. The average Bonchev–Trinajstić information content (AvgIpc) is 2.35. The summed E-state index contributed by atoms with van der Waals surface area (Å²) in [7, 11) is -3.68. The maximum absolute atomic E-state index is 13.6. The number of hydrogen-bond acceptors (Lipinski definition) is 3. The number of nitrogens with zero attached hydrogens (tertiary/aromatic N) is 1. The van der Waals surface area contributed by atoms with Gasteiger partial charge in [-0.1, -0.05) is 12.1 Å². The van der Waals surface area contributed by atoms with Gasteiger partial charge in [0.1, 0.15) is 5.82 Å². The van der Waals surface area contributed by atoms with E-state index in [-0.39, 0.29) is 5.69 Å². The number of rotatable bonds is 3. The predicted molar refractivity (Wildman–Crippen MR) is 68.1 cm³/mol. The van der Waals surface area contributed by atoms with Crippen molar-refractivity contribution < 1.29 is 12.8 Å². The van der Waals surface area contributed by atoms with Crippen molar-refractivity contribution in [3.05, 3.63) is 29.6 Å². The van der Waals surface area contributed by atoms with E-state index in [1.807, 2.05) is 0 Å². The number of hydrogen-bond donors (Lipinski definition) is 2. The van der Waals surface area contributed by atoms with Crippen molar-refractivity contribution in [2.24, 2.45) is 0 Å². The molecule has 0 atom stereocenters. The zero-order chi connectivity index (χ0) is 13.2. The van der Waals surface area contributed by atoms with Crippen LogP contribution in [0.2, 0.25) is 0 Å². The zero-order valence-electron chi connectivity index (χ0n) is 10.1. The first-order valence-corrected chi connectivity index (χ1v) is 7.18. The highest BCUT2D eigenvalue weighted by Gasteiger charge is 2.25. The molecule has 0 spiro atoms. The van der Waals surface area contributed by atoms with Crippen LogP contribution in [0.15, 0.2) is 18.2 Å². The van der Waals surface area contributed by atoms with Crippen LogP contribution in [0.25, 0.3) is 0 Å². The third-order valence-corrected chi connectivity index (χ3v) is 4.38. The number of aryl methyl sites for hydroxylation is 1. The molecule has 100 valence electrons. The molecule has 1 aromatic rings. The van der Waals surface area contributed by atoms with E-state index >= 15 is 0 Å². The van der Waals surface area contributed by atoms with Crippen LogP contribution in [0.1, 0.15) is 5.56 Å². The van der Waals surface area contributed by atoms with Gasteiger partial charge in [-0.05, 0) is 18.6 Å². The smallest absolute Gasteiger partial charge is 0.301 e. The lowest BCUT2D eigenvalue weighted by Gasteiger charge is -2.27. The largest absolute Gasteiger partial charge is 0.314 e. The van der Waals surface area contributed by atoms with Crippen molar-refractivity contribution in [3.63, 3.8) is 0 Å². The summed E-state index contributed by atoms with van der Waals surface area (Å²) in [5.74, 6) is -0.561. The molecule has 0 radical (unpaired) electrons. The van der Waals surface area contributed by atoms with Gasteiger partial charge in [-0.2, -0.15) is 12.7 Å². The molecule has 0 amide bonds.